The van der Waals surface area contributed by atoms with Crippen LogP contribution in [0.4, 0.5) is 4.79 Å². The summed E-state index contributed by atoms with van der Waals surface area (Å²) in [6.45, 7) is 10.5. The van der Waals surface area contributed by atoms with Crippen molar-refractivity contribution in [3.63, 3.8) is 0 Å². The molecule has 0 saturated carbocycles. The average Bonchev–Trinajstić information content (AvgIpc) is 3.46. The molecule has 12 heteroatoms. The maximum absolute atomic E-state index is 12.7. The van der Waals surface area contributed by atoms with Crippen molar-refractivity contribution in [2.75, 3.05) is 7.11 Å². The number of hydrogen-bond acceptors (Lipinski definition) is 9. The first-order valence-electron chi connectivity index (χ1n) is 12.7. The van der Waals surface area contributed by atoms with E-state index in [4.69, 9.17) is 19.7 Å². The van der Waals surface area contributed by atoms with Gasteiger partial charge in [-0.2, -0.15) is 19.4 Å². The van der Waals surface area contributed by atoms with E-state index in [9.17, 15) is 4.79 Å². The van der Waals surface area contributed by atoms with Gasteiger partial charge < -0.3 is 14.0 Å². The summed E-state index contributed by atoms with van der Waals surface area (Å²) in [7, 11) is 1.65. The first kappa shape index (κ1) is 26.7. The van der Waals surface area contributed by atoms with Crippen LogP contribution in [0.1, 0.15) is 54.4 Å². The molecule has 0 aromatic carbocycles. The number of hydrogen-bond donors (Lipinski definition) is 1. The highest BCUT2D eigenvalue weighted by Crippen LogP contribution is 2.38. The van der Waals surface area contributed by atoms with Gasteiger partial charge in [0.05, 0.1) is 24.8 Å². The van der Waals surface area contributed by atoms with Crippen molar-refractivity contribution in [1.82, 2.24) is 34.8 Å². The lowest BCUT2D eigenvalue weighted by molar-refractivity contribution is 0.0563. The fourth-order valence-electron chi connectivity index (χ4n) is 4.64. The number of carbonyl (C=O) groups is 1. The van der Waals surface area contributed by atoms with Crippen molar-refractivity contribution in [3.05, 3.63) is 64.6 Å². The molecule has 0 fully saturated rings. The molecule has 0 radical (unpaired) electrons. The highest BCUT2D eigenvalue weighted by molar-refractivity contribution is 7.97. The van der Waals surface area contributed by atoms with E-state index in [-0.39, 0.29) is 0 Å². The van der Waals surface area contributed by atoms with Gasteiger partial charge in [0, 0.05) is 47.6 Å². The first-order valence-corrected chi connectivity index (χ1v) is 13.6. The highest BCUT2D eigenvalue weighted by Gasteiger charge is 2.30. The number of carbonyl (C=O) groups excluding carboxylic acids is 1. The molecule has 1 amide bonds. The Bertz CT molecular complexity index is 1500. The molecule has 3 aliphatic rings. The molecule has 0 unspecified atom stereocenters. The third kappa shape index (κ3) is 5.75. The standard InChI is InChI=1S/C27H32N8O3S/c1-16-12-29-21(17(2)24(16)37-6)13-35-31-20-11-18(7-9-34-10-8-28-15-34)19-14-39-33-25(23(32-35)22(19)20)30-26(36)38-27(3,4)5/h8,10-12,15H,7,9,13-14H2,1-6H3,(H,30,33,36). The number of ether oxygens (including phenoxy) is 2. The fourth-order valence-corrected chi connectivity index (χ4v) is 5.42. The summed E-state index contributed by atoms with van der Waals surface area (Å²) in [6.07, 6.45) is 7.54. The summed E-state index contributed by atoms with van der Waals surface area (Å²) in [5.74, 6) is 1.77. The monoisotopic (exact) mass is 548 g/mol. The molecule has 1 N–H and O–H groups in total. The fraction of sp³-hybridized carbons (Fsp3) is 0.407. The van der Waals surface area contributed by atoms with Gasteiger partial charge in [-0.05, 0) is 70.2 Å². The number of aryl methyl sites for hydroxylation is 3. The predicted octanol–water partition coefficient (Wildman–Crippen LogP) is 4.32. The van der Waals surface area contributed by atoms with Crippen LogP contribution < -0.4 is 10.1 Å². The average molecular weight is 549 g/mol. The molecule has 0 saturated heterocycles. The number of methoxy groups -OCH3 is 1. The summed E-state index contributed by atoms with van der Waals surface area (Å²) < 4.78 is 17.8. The number of rotatable bonds is 6. The SMILES string of the molecule is COc1c(C)cnc(Cn2nc3cc(CCn4ccnc4)c4c-3c(n2)C(NC(=O)OC(C)(C)C)=NSC4)c1C. The molecule has 0 atom stereocenters. The lowest BCUT2D eigenvalue weighted by atomic mass is 10.1. The van der Waals surface area contributed by atoms with Gasteiger partial charge in [0.15, 0.2) is 5.84 Å². The van der Waals surface area contributed by atoms with E-state index < -0.39 is 11.7 Å². The van der Waals surface area contributed by atoms with Crippen molar-refractivity contribution in [2.45, 2.75) is 65.5 Å². The van der Waals surface area contributed by atoms with E-state index in [2.05, 4.69) is 25.7 Å². The van der Waals surface area contributed by atoms with Crippen LogP contribution in [-0.4, -0.2) is 54.2 Å². The molecule has 5 rings (SSSR count). The van der Waals surface area contributed by atoms with Crippen LogP contribution in [0, 0.1) is 13.8 Å². The highest BCUT2D eigenvalue weighted by atomic mass is 32.2. The van der Waals surface area contributed by atoms with Gasteiger partial charge in [0.1, 0.15) is 23.6 Å². The number of nitrogens with zero attached hydrogens (tertiary/aromatic N) is 7. The van der Waals surface area contributed by atoms with Crippen LogP contribution in [0.5, 0.6) is 5.75 Å². The Labute approximate surface area is 231 Å². The summed E-state index contributed by atoms with van der Waals surface area (Å²) in [6, 6.07) is 2.11. The number of amides is 1. The van der Waals surface area contributed by atoms with Gasteiger partial charge in [-0.3, -0.25) is 10.3 Å². The Kier molecular flexibility index (Phi) is 7.30. The molecule has 39 heavy (non-hydrogen) atoms. The van der Waals surface area contributed by atoms with Crippen LogP contribution in [0.25, 0.3) is 11.3 Å². The minimum absolute atomic E-state index is 0.323. The van der Waals surface area contributed by atoms with Crippen LogP contribution in [0.15, 0.2) is 35.4 Å². The topological polar surface area (TPSA) is 121 Å². The molecule has 11 nitrogen and oxygen atoms in total. The maximum Gasteiger partial charge on any atom is 0.413 e. The van der Waals surface area contributed by atoms with E-state index in [0.29, 0.717) is 23.8 Å². The third-order valence-corrected chi connectivity index (χ3v) is 7.11. The Morgan fingerprint density at radius 3 is 2.77 bits per heavy atom. The molecule has 0 spiro atoms. The molecular formula is C27H32N8O3S. The first-order chi connectivity index (χ1) is 18.6. The smallest absolute Gasteiger partial charge is 0.413 e. The Balaban J connectivity index is 1.57. The van der Waals surface area contributed by atoms with Crippen LogP contribution >= 0.6 is 11.9 Å². The van der Waals surface area contributed by atoms with Gasteiger partial charge in [-0.1, -0.05) is 0 Å². The summed E-state index contributed by atoms with van der Waals surface area (Å²) in [4.78, 5) is 23.1. The second-order valence-corrected chi connectivity index (χ2v) is 11.2. The number of nitrogens with one attached hydrogen (secondary N) is 1. The van der Waals surface area contributed by atoms with Crippen molar-refractivity contribution in [2.24, 2.45) is 4.40 Å². The van der Waals surface area contributed by atoms with E-state index >= 15 is 0 Å². The zero-order chi connectivity index (χ0) is 27.7. The Morgan fingerprint density at radius 1 is 1.23 bits per heavy atom. The largest absolute Gasteiger partial charge is 0.496 e. The molecule has 4 heterocycles. The maximum atomic E-state index is 12.7. The number of aromatic nitrogens is 6. The van der Waals surface area contributed by atoms with Gasteiger partial charge in [-0.25, -0.2) is 9.78 Å². The summed E-state index contributed by atoms with van der Waals surface area (Å²) >= 11 is 1.37. The van der Waals surface area contributed by atoms with Crippen molar-refractivity contribution in [1.29, 1.82) is 0 Å². The zero-order valence-corrected chi connectivity index (χ0v) is 23.8. The zero-order valence-electron chi connectivity index (χ0n) is 23.0. The lowest BCUT2D eigenvalue weighted by Gasteiger charge is -2.20. The van der Waals surface area contributed by atoms with E-state index in [1.165, 1.54) is 17.5 Å². The van der Waals surface area contributed by atoms with Gasteiger partial charge >= 0.3 is 6.09 Å². The van der Waals surface area contributed by atoms with Crippen molar-refractivity contribution < 1.29 is 14.3 Å². The number of imidazole rings is 1. The minimum Gasteiger partial charge on any atom is -0.496 e. The predicted molar refractivity (Wildman–Crippen MR) is 149 cm³/mol. The Morgan fingerprint density at radius 2 is 2.05 bits per heavy atom. The molecule has 2 aromatic rings. The quantitative estimate of drug-likeness (QED) is 0.354. The van der Waals surface area contributed by atoms with E-state index in [1.807, 2.05) is 51.7 Å². The molecule has 2 aliphatic heterocycles. The number of amidine groups is 1. The van der Waals surface area contributed by atoms with Gasteiger partial charge in [0.2, 0.25) is 0 Å². The second-order valence-electron chi connectivity index (χ2n) is 10.4. The normalized spacial score (nSPS) is 13.2. The molecule has 2 aromatic heterocycles. The van der Waals surface area contributed by atoms with Crippen molar-refractivity contribution >= 4 is 23.9 Å². The molecule has 0 bridgehead atoms. The number of alkyl carbamates (subject to hydrolysis) is 1. The molecular weight excluding hydrogens is 516 g/mol. The van der Waals surface area contributed by atoms with Crippen LogP contribution in [0.3, 0.4) is 0 Å². The van der Waals surface area contributed by atoms with Gasteiger partial charge in [0.25, 0.3) is 0 Å². The van der Waals surface area contributed by atoms with Crippen LogP contribution in [0.2, 0.25) is 0 Å². The minimum atomic E-state index is -0.650. The Hall–Kier alpha value is -3.93. The van der Waals surface area contributed by atoms with Crippen molar-refractivity contribution in [3.8, 4) is 17.0 Å². The van der Waals surface area contributed by atoms with E-state index in [1.54, 1.807) is 24.3 Å². The summed E-state index contributed by atoms with van der Waals surface area (Å²) in [5, 5.41) is 12.6. The van der Waals surface area contributed by atoms with Gasteiger partial charge in [-0.15, -0.1) is 0 Å². The number of pyridine rings is 1. The van der Waals surface area contributed by atoms with Crippen LogP contribution in [-0.2, 0) is 30.0 Å². The summed E-state index contributed by atoms with van der Waals surface area (Å²) in [5.41, 5.74) is 6.55. The van der Waals surface area contributed by atoms with E-state index in [0.717, 1.165) is 52.4 Å². The third-order valence-electron chi connectivity index (χ3n) is 6.38. The second kappa shape index (κ2) is 10.7. The molecule has 204 valence electrons. The molecule has 1 aliphatic carbocycles. The lowest BCUT2D eigenvalue weighted by Crippen LogP contribution is -2.37.